The molecule has 0 aliphatic rings. The number of hydrogen-bond donors (Lipinski definition) is 2. The fraction of sp³-hybridized carbons (Fsp3) is 0.714. The molecule has 7 nitrogen and oxygen atoms in total. The van der Waals surface area contributed by atoms with Gasteiger partial charge in [0.25, 0.3) is 0 Å². The van der Waals surface area contributed by atoms with E-state index >= 15 is 0 Å². The number of amides is 4. The number of rotatable bonds is 2. The fourth-order valence-corrected chi connectivity index (χ4v) is 0.625. The highest BCUT2D eigenvalue weighted by Crippen LogP contribution is 1.86. The van der Waals surface area contributed by atoms with Crippen molar-refractivity contribution >= 4 is 12.1 Å². The van der Waals surface area contributed by atoms with E-state index in [-0.39, 0.29) is 0 Å². The molecular weight excluding hydrogens is 186 g/mol. The van der Waals surface area contributed by atoms with Gasteiger partial charge in [0.2, 0.25) is 0 Å². The molecule has 0 radical (unpaired) electrons. The Morgan fingerprint density at radius 2 is 1.07 bits per heavy atom. The number of hydrazine groups is 2. The van der Waals surface area contributed by atoms with Gasteiger partial charge in [-0.05, 0) is 0 Å². The van der Waals surface area contributed by atoms with Gasteiger partial charge in [-0.3, -0.25) is 10.9 Å². The van der Waals surface area contributed by atoms with Gasteiger partial charge in [-0.2, -0.15) is 0 Å². The molecule has 0 spiro atoms. The van der Waals surface area contributed by atoms with Gasteiger partial charge in [0.05, 0.1) is 0 Å². The average Bonchev–Trinajstić information content (AvgIpc) is 2.00. The summed E-state index contributed by atoms with van der Waals surface area (Å²) in [7, 11) is 8.04. The van der Waals surface area contributed by atoms with Crippen molar-refractivity contribution in [2.45, 2.75) is 0 Å². The molecule has 0 aromatic heterocycles. The minimum Gasteiger partial charge on any atom is -0.271 e. The second-order valence-electron chi connectivity index (χ2n) is 3.18. The molecule has 0 aliphatic carbocycles. The Kier molecular flexibility index (Phi) is 4.89. The first-order valence-electron chi connectivity index (χ1n) is 4.04. The zero-order chi connectivity index (χ0) is 11.3. The minimum absolute atomic E-state index is 0.491. The molecule has 0 aromatic carbocycles. The van der Waals surface area contributed by atoms with E-state index in [1.54, 1.807) is 28.2 Å². The van der Waals surface area contributed by atoms with Crippen LogP contribution in [0.3, 0.4) is 0 Å². The maximum atomic E-state index is 11.3. The molecule has 0 rings (SSSR count). The predicted octanol–water partition coefficient (Wildman–Crippen LogP) is -0.709. The summed E-state index contributed by atoms with van der Waals surface area (Å²) in [6, 6.07) is -0.983. The Labute approximate surface area is 83.6 Å². The molecule has 0 aromatic rings. The summed E-state index contributed by atoms with van der Waals surface area (Å²) in [6.07, 6.45) is 0. The zero-order valence-corrected chi connectivity index (χ0v) is 9.16. The van der Waals surface area contributed by atoms with E-state index in [4.69, 9.17) is 0 Å². The standard InChI is InChI=1S/C7H17N5O2/c1-10(2)8-6(13)12(5)7(14)9-11(3)4/h1-5H3,(H,8,13)(H,9,14). The van der Waals surface area contributed by atoms with Crippen LogP contribution < -0.4 is 10.9 Å². The monoisotopic (exact) mass is 203 g/mol. The molecule has 0 saturated carbocycles. The van der Waals surface area contributed by atoms with Crippen LogP contribution in [0, 0.1) is 0 Å². The molecule has 7 heteroatoms. The second kappa shape index (κ2) is 5.40. The average molecular weight is 203 g/mol. The number of nitrogens with one attached hydrogen (secondary N) is 2. The summed E-state index contributed by atoms with van der Waals surface area (Å²) in [5.41, 5.74) is 4.88. The summed E-state index contributed by atoms with van der Waals surface area (Å²) in [6.45, 7) is 0. The molecule has 0 atom stereocenters. The van der Waals surface area contributed by atoms with Gasteiger partial charge >= 0.3 is 12.1 Å². The van der Waals surface area contributed by atoms with Crippen molar-refractivity contribution < 1.29 is 9.59 Å². The maximum Gasteiger partial charge on any atom is 0.339 e. The SMILES string of the molecule is CN(C)NC(=O)N(C)C(=O)NN(C)C. The van der Waals surface area contributed by atoms with Crippen molar-refractivity contribution in [3.63, 3.8) is 0 Å². The Morgan fingerprint density at radius 1 is 0.786 bits per heavy atom. The Bertz CT molecular complexity index is 194. The van der Waals surface area contributed by atoms with Crippen LogP contribution in [0.5, 0.6) is 0 Å². The summed E-state index contributed by atoms with van der Waals surface area (Å²) < 4.78 is 0. The molecule has 14 heavy (non-hydrogen) atoms. The molecule has 0 heterocycles. The lowest BCUT2D eigenvalue weighted by atomic mass is 10.7. The van der Waals surface area contributed by atoms with Crippen LogP contribution in [0.15, 0.2) is 0 Å². The van der Waals surface area contributed by atoms with Crippen LogP contribution in [-0.4, -0.2) is 62.2 Å². The summed E-state index contributed by atoms with van der Waals surface area (Å²) in [4.78, 5) is 23.5. The van der Waals surface area contributed by atoms with Gasteiger partial charge in [-0.25, -0.2) is 24.5 Å². The van der Waals surface area contributed by atoms with Crippen molar-refractivity contribution in [3.05, 3.63) is 0 Å². The smallest absolute Gasteiger partial charge is 0.271 e. The van der Waals surface area contributed by atoms with E-state index in [1.165, 1.54) is 17.1 Å². The number of imide groups is 1. The van der Waals surface area contributed by atoms with Crippen LogP contribution in [0.2, 0.25) is 0 Å². The Morgan fingerprint density at radius 3 is 1.29 bits per heavy atom. The quantitative estimate of drug-likeness (QED) is 0.582. The third-order valence-corrected chi connectivity index (χ3v) is 1.25. The lowest BCUT2D eigenvalue weighted by molar-refractivity contribution is 0.163. The normalized spacial score (nSPS) is 10.2. The molecule has 0 saturated heterocycles. The van der Waals surface area contributed by atoms with Crippen molar-refractivity contribution in [3.8, 4) is 0 Å². The van der Waals surface area contributed by atoms with E-state index in [0.717, 1.165) is 4.90 Å². The molecule has 4 amide bonds. The van der Waals surface area contributed by atoms with Gasteiger partial charge in [0.1, 0.15) is 0 Å². The van der Waals surface area contributed by atoms with Crippen LogP contribution in [-0.2, 0) is 0 Å². The lowest BCUT2D eigenvalue weighted by Crippen LogP contribution is -2.52. The van der Waals surface area contributed by atoms with Crippen LogP contribution in [0.4, 0.5) is 9.59 Å². The number of urea groups is 2. The molecule has 0 aliphatic heterocycles. The molecule has 0 unspecified atom stereocenters. The van der Waals surface area contributed by atoms with Gasteiger partial charge in [-0.1, -0.05) is 0 Å². The molecule has 0 fully saturated rings. The highest BCUT2D eigenvalue weighted by Gasteiger charge is 2.16. The minimum atomic E-state index is -0.491. The van der Waals surface area contributed by atoms with E-state index in [9.17, 15) is 9.59 Å². The first kappa shape index (κ1) is 12.7. The molecule has 2 N–H and O–H groups in total. The summed E-state index contributed by atoms with van der Waals surface area (Å²) in [5, 5.41) is 2.92. The van der Waals surface area contributed by atoms with Crippen LogP contribution in [0.25, 0.3) is 0 Å². The van der Waals surface area contributed by atoms with E-state index in [0.29, 0.717) is 0 Å². The number of hydrogen-bond acceptors (Lipinski definition) is 4. The topological polar surface area (TPSA) is 67.9 Å². The van der Waals surface area contributed by atoms with E-state index in [2.05, 4.69) is 10.9 Å². The van der Waals surface area contributed by atoms with Crippen molar-refractivity contribution in [1.29, 1.82) is 0 Å². The van der Waals surface area contributed by atoms with Crippen LogP contribution in [0.1, 0.15) is 0 Å². The molecular formula is C7H17N5O2. The van der Waals surface area contributed by atoms with E-state index < -0.39 is 12.1 Å². The highest BCUT2D eigenvalue weighted by atomic mass is 16.2. The Hall–Kier alpha value is -1.34. The van der Waals surface area contributed by atoms with Gasteiger partial charge in [0.15, 0.2) is 0 Å². The van der Waals surface area contributed by atoms with Crippen molar-refractivity contribution in [2.24, 2.45) is 0 Å². The summed E-state index contributed by atoms with van der Waals surface area (Å²) in [5.74, 6) is 0. The highest BCUT2D eigenvalue weighted by molar-refractivity contribution is 5.92. The number of nitrogens with zero attached hydrogens (tertiary/aromatic N) is 3. The largest absolute Gasteiger partial charge is 0.339 e. The van der Waals surface area contributed by atoms with Crippen molar-refractivity contribution in [1.82, 2.24) is 25.8 Å². The third-order valence-electron chi connectivity index (χ3n) is 1.25. The van der Waals surface area contributed by atoms with Crippen molar-refractivity contribution in [2.75, 3.05) is 35.2 Å². The molecule has 0 bridgehead atoms. The van der Waals surface area contributed by atoms with Gasteiger partial charge < -0.3 is 0 Å². The van der Waals surface area contributed by atoms with Gasteiger partial charge in [-0.15, -0.1) is 0 Å². The first-order chi connectivity index (χ1) is 6.34. The third kappa shape index (κ3) is 4.63. The maximum absolute atomic E-state index is 11.3. The number of carbonyl (C=O) groups is 2. The summed E-state index contributed by atoms with van der Waals surface area (Å²) >= 11 is 0. The zero-order valence-electron chi connectivity index (χ0n) is 9.16. The fourth-order valence-electron chi connectivity index (χ4n) is 0.625. The Balaban J connectivity index is 4.11. The second-order valence-corrected chi connectivity index (χ2v) is 3.18. The lowest BCUT2D eigenvalue weighted by Gasteiger charge is -2.21. The van der Waals surface area contributed by atoms with Crippen LogP contribution >= 0.6 is 0 Å². The van der Waals surface area contributed by atoms with Gasteiger partial charge in [0, 0.05) is 35.2 Å². The number of carbonyl (C=O) groups excluding carboxylic acids is 2. The first-order valence-corrected chi connectivity index (χ1v) is 4.04. The molecule has 82 valence electrons. The van der Waals surface area contributed by atoms with E-state index in [1.807, 2.05) is 0 Å². The predicted molar refractivity (Wildman–Crippen MR) is 52.2 cm³/mol.